The molecule has 0 aliphatic rings. The van der Waals surface area contributed by atoms with Gasteiger partial charge < -0.3 is 5.11 Å². The van der Waals surface area contributed by atoms with E-state index in [1.165, 1.54) is 70.6 Å². The van der Waals surface area contributed by atoms with E-state index in [1.54, 1.807) is 6.92 Å². The number of hydrogen-bond donors (Lipinski definition) is 1. The van der Waals surface area contributed by atoms with Crippen molar-refractivity contribution in [1.29, 1.82) is 0 Å². The molecule has 0 rings (SSSR count). The maximum Gasteiger partial charge on any atom is 0.320 e. The van der Waals surface area contributed by atoms with Gasteiger partial charge in [0.25, 0.3) is 0 Å². The van der Waals surface area contributed by atoms with Crippen LogP contribution in [0.1, 0.15) is 90.9 Å². The predicted octanol–water partition coefficient (Wildman–Crippen LogP) is 4.71. The van der Waals surface area contributed by atoms with Crippen LogP contribution in [0.4, 0.5) is 0 Å². The van der Waals surface area contributed by atoms with Crippen molar-refractivity contribution < 1.29 is 9.90 Å². The van der Waals surface area contributed by atoms with Crippen LogP contribution in [-0.2, 0) is 4.79 Å². The van der Waals surface area contributed by atoms with E-state index >= 15 is 0 Å². The van der Waals surface area contributed by atoms with Crippen molar-refractivity contribution in [3.8, 4) is 0 Å². The second kappa shape index (κ2) is 17.8. The first-order valence-electron chi connectivity index (χ1n) is 9.02. The Morgan fingerprint density at radius 2 is 1.23 bits per heavy atom. The Hall–Kier alpha value is 0.430. The van der Waals surface area contributed by atoms with Gasteiger partial charge in [0.05, 0.1) is 0 Å². The molecule has 1 atom stereocenters. The second-order valence-corrected chi connectivity index (χ2v) is 6.38. The third kappa shape index (κ3) is 15.3. The number of hydrogen-bond acceptors (Lipinski definition) is 2. The van der Waals surface area contributed by atoms with Gasteiger partial charge in [-0.3, -0.25) is 9.69 Å². The number of aliphatic carboxylic acids is 1. The number of carbonyl (C=O) groups is 1. The molecule has 0 bridgehead atoms. The Balaban J connectivity index is 0. The molecule has 0 saturated carbocycles. The smallest absolute Gasteiger partial charge is 0.320 e. The van der Waals surface area contributed by atoms with Crippen molar-refractivity contribution in [2.45, 2.75) is 96.9 Å². The minimum atomic E-state index is -0.726. The summed E-state index contributed by atoms with van der Waals surface area (Å²) in [4.78, 5) is 12.7. The number of likely N-dealkylation sites (N-methyl/N-ethyl adjacent to an activating group) is 1. The quantitative estimate of drug-likeness (QED) is 0.350. The van der Waals surface area contributed by atoms with Crippen LogP contribution in [0.2, 0.25) is 0 Å². The minimum Gasteiger partial charge on any atom is -0.480 e. The molecular formula is C18H37NNaO2. The molecule has 3 nitrogen and oxygen atoms in total. The summed E-state index contributed by atoms with van der Waals surface area (Å²) in [7, 11) is 1.90. The molecule has 0 fully saturated rings. The summed E-state index contributed by atoms with van der Waals surface area (Å²) in [6, 6.07) is -0.363. The van der Waals surface area contributed by atoms with E-state index in [-0.39, 0.29) is 35.6 Å². The van der Waals surface area contributed by atoms with Gasteiger partial charge >= 0.3 is 5.97 Å². The third-order valence-corrected chi connectivity index (χ3v) is 4.38. The monoisotopic (exact) mass is 322 g/mol. The molecule has 0 saturated heterocycles. The van der Waals surface area contributed by atoms with Gasteiger partial charge in [-0.2, -0.15) is 0 Å². The molecule has 127 valence electrons. The Kier molecular flexibility index (Phi) is 19.9. The van der Waals surface area contributed by atoms with Crippen LogP contribution in [0.15, 0.2) is 0 Å². The van der Waals surface area contributed by atoms with Gasteiger partial charge in [0.15, 0.2) is 0 Å². The zero-order chi connectivity index (χ0) is 15.9. The fraction of sp³-hybridized carbons (Fsp3) is 0.944. The number of unbranched alkanes of at least 4 members (excludes halogenated alkanes) is 11. The van der Waals surface area contributed by atoms with Gasteiger partial charge in [0.1, 0.15) is 6.04 Å². The maximum atomic E-state index is 10.8. The molecule has 1 N–H and O–H groups in total. The van der Waals surface area contributed by atoms with Crippen LogP contribution in [-0.4, -0.2) is 65.2 Å². The van der Waals surface area contributed by atoms with E-state index in [0.29, 0.717) is 0 Å². The van der Waals surface area contributed by atoms with Crippen LogP contribution in [0.3, 0.4) is 0 Å². The average Bonchev–Trinajstić information content (AvgIpc) is 2.47. The SMILES string of the molecule is CCCCCCCCCCCCCCN(C)[C@@H](C)C(=O)O.[Na]. The molecule has 0 aliphatic carbocycles. The van der Waals surface area contributed by atoms with Crippen molar-refractivity contribution in [1.82, 2.24) is 4.90 Å². The zero-order valence-corrected chi connectivity index (χ0v) is 17.6. The van der Waals surface area contributed by atoms with Crippen molar-refractivity contribution in [2.75, 3.05) is 13.6 Å². The van der Waals surface area contributed by atoms with Crippen LogP contribution in [0.25, 0.3) is 0 Å². The fourth-order valence-electron chi connectivity index (χ4n) is 2.58. The van der Waals surface area contributed by atoms with Crippen molar-refractivity contribution >= 4 is 35.5 Å². The van der Waals surface area contributed by atoms with E-state index in [4.69, 9.17) is 5.11 Å². The fourth-order valence-corrected chi connectivity index (χ4v) is 2.58. The zero-order valence-electron chi connectivity index (χ0n) is 15.6. The third-order valence-electron chi connectivity index (χ3n) is 4.38. The summed E-state index contributed by atoms with van der Waals surface area (Å²) in [5.74, 6) is -0.726. The maximum absolute atomic E-state index is 10.8. The molecule has 0 aromatic carbocycles. The molecular weight excluding hydrogens is 285 g/mol. The molecule has 0 aromatic heterocycles. The van der Waals surface area contributed by atoms with Crippen LogP contribution >= 0.6 is 0 Å². The topological polar surface area (TPSA) is 40.5 Å². The summed E-state index contributed by atoms with van der Waals surface area (Å²) < 4.78 is 0. The standard InChI is InChI=1S/C18H37NO2.Na/c1-4-5-6-7-8-9-10-11-12-13-14-15-16-19(3)17(2)18(20)21;/h17H,4-16H2,1-3H3,(H,20,21);/t17-;/m0./s1. The van der Waals surface area contributed by atoms with Gasteiger partial charge in [0, 0.05) is 29.6 Å². The first-order chi connectivity index (χ1) is 10.1. The van der Waals surface area contributed by atoms with Crippen LogP contribution in [0.5, 0.6) is 0 Å². The Morgan fingerprint density at radius 3 is 1.59 bits per heavy atom. The van der Waals surface area contributed by atoms with Crippen molar-refractivity contribution in [3.63, 3.8) is 0 Å². The molecule has 0 heterocycles. The van der Waals surface area contributed by atoms with E-state index in [1.807, 2.05) is 11.9 Å². The summed E-state index contributed by atoms with van der Waals surface area (Å²) >= 11 is 0. The first-order valence-corrected chi connectivity index (χ1v) is 9.02. The van der Waals surface area contributed by atoms with Crippen LogP contribution in [0, 0.1) is 0 Å². The van der Waals surface area contributed by atoms with Crippen molar-refractivity contribution in [3.05, 3.63) is 0 Å². The number of carboxylic acids is 1. The Morgan fingerprint density at radius 1 is 0.864 bits per heavy atom. The molecule has 0 unspecified atom stereocenters. The first kappa shape index (κ1) is 24.7. The summed E-state index contributed by atoms with van der Waals surface area (Å²) in [5, 5.41) is 8.90. The molecule has 4 heteroatoms. The molecule has 0 spiro atoms. The van der Waals surface area contributed by atoms with Gasteiger partial charge in [-0.05, 0) is 26.9 Å². The number of nitrogens with zero attached hydrogens (tertiary/aromatic N) is 1. The largest absolute Gasteiger partial charge is 0.480 e. The summed E-state index contributed by atoms with van der Waals surface area (Å²) in [5.41, 5.74) is 0. The minimum absolute atomic E-state index is 0. The summed E-state index contributed by atoms with van der Waals surface area (Å²) in [6.07, 6.45) is 16.1. The molecule has 1 radical (unpaired) electrons. The molecule has 0 aromatic rings. The normalized spacial score (nSPS) is 12.2. The Bertz CT molecular complexity index is 249. The van der Waals surface area contributed by atoms with Gasteiger partial charge in [-0.25, -0.2) is 0 Å². The predicted molar refractivity (Wildman–Crippen MR) is 96.6 cm³/mol. The van der Waals surface area contributed by atoms with Crippen LogP contribution < -0.4 is 0 Å². The number of carboxylic acid groups (broad SMARTS) is 1. The van der Waals surface area contributed by atoms with Gasteiger partial charge in [0.2, 0.25) is 0 Å². The van der Waals surface area contributed by atoms with Crippen molar-refractivity contribution in [2.24, 2.45) is 0 Å². The molecule has 0 amide bonds. The molecule has 22 heavy (non-hydrogen) atoms. The van der Waals surface area contributed by atoms with E-state index in [2.05, 4.69) is 6.92 Å². The average molecular weight is 322 g/mol. The molecule has 0 aliphatic heterocycles. The Labute approximate surface area is 160 Å². The number of rotatable bonds is 15. The van der Waals surface area contributed by atoms with E-state index in [0.717, 1.165) is 13.0 Å². The summed E-state index contributed by atoms with van der Waals surface area (Å²) in [6.45, 7) is 4.91. The van der Waals surface area contributed by atoms with E-state index < -0.39 is 5.97 Å². The van der Waals surface area contributed by atoms with E-state index in [9.17, 15) is 4.79 Å². The van der Waals surface area contributed by atoms with Gasteiger partial charge in [-0.15, -0.1) is 0 Å². The van der Waals surface area contributed by atoms with Gasteiger partial charge in [-0.1, -0.05) is 77.6 Å². The second-order valence-electron chi connectivity index (χ2n) is 6.38.